The van der Waals surface area contributed by atoms with Gasteiger partial charge in [-0.3, -0.25) is 24.6 Å². The summed E-state index contributed by atoms with van der Waals surface area (Å²) in [5.41, 5.74) is 6.07. The number of amides is 3. The highest BCUT2D eigenvalue weighted by Crippen LogP contribution is 2.21. The van der Waals surface area contributed by atoms with Crippen LogP contribution in [0, 0.1) is 11.3 Å². The van der Waals surface area contributed by atoms with Gasteiger partial charge in [0.2, 0.25) is 17.7 Å². The maximum absolute atomic E-state index is 13.4. The summed E-state index contributed by atoms with van der Waals surface area (Å²) in [7, 11) is 0. The molecule has 0 aliphatic carbocycles. The van der Waals surface area contributed by atoms with Crippen molar-refractivity contribution >= 4 is 35.5 Å². The van der Waals surface area contributed by atoms with E-state index in [-0.39, 0.29) is 24.2 Å². The lowest BCUT2D eigenvalue weighted by Crippen LogP contribution is -2.56. The quantitative estimate of drug-likeness (QED) is 0.114. The van der Waals surface area contributed by atoms with Crippen LogP contribution in [0.2, 0.25) is 0 Å². The Morgan fingerprint density at radius 1 is 1.19 bits per heavy atom. The normalized spacial score (nSPS) is 16.9. The first-order valence-corrected chi connectivity index (χ1v) is 12.4. The maximum Gasteiger partial charge on any atom is 0.246 e. The van der Waals surface area contributed by atoms with Crippen LogP contribution in [-0.4, -0.2) is 72.3 Å². The van der Waals surface area contributed by atoms with Gasteiger partial charge in [0.05, 0.1) is 6.04 Å². The number of guanidine groups is 1. The largest absolute Gasteiger partial charge is 0.370 e. The number of carbonyl (C=O) groups excluding carboxylic acids is 4. The number of ketones is 1. The molecule has 1 aliphatic heterocycles. The van der Waals surface area contributed by atoms with Gasteiger partial charge in [-0.15, -0.1) is 0 Å². The summed E-state index contributed by atoms with van der Waals surface area (Å²) in [4.78, 5) is 52.5. The van der Waals surface area contributed by atoms with Crippen molar-refractivity contribution < 1.29 is 23.6 Å². The predicted molar refractivity (Wildman–Crippen MR) is 139 cm³/mol. The minimum absolute atomic E-state index is 0.161. The second-order valence-corrected chi connectivity index (χ2v) is 9.31. The fourth-order valence-electron chi connectivity index (χ4n) is 4.14. The molecular formula is C26H37FN6O4. The van der Waals surface area contributed by atoms with E-state index >= 15 is 0 Å². The van der Waals surface area contributed by atoms with E-state index in [9.17, 15) is 23.6 Å². The lowest BCUT2D eigenvalue weighted by Gasteiger charge is -2.31. The zero-order valence-corrected chi connectivity index (χ0v) is 21.3. The van der Waals surface area contributed by atoms with Crippen molar-refractivity contribution in [3.63, 3.8) is 0 Å². The summed E-state index contributed by atoms with van der Waals surface area (Å²) < 4.78 is 13.1. The third kappa shape index (κ3) is 9.32. The Kier molecular flexibility index (Phi) is 11.7. The number of hydrogen-bond acceptors (Lipinski definition) is 5. The number of nitrogens with one attached hydrogen (secondary N) is 4. The molecular weight excluding hydrogens is 479 g/mol. The SMILES string of the molecule is CC(C)C(NC(=O)C=Cc1ccccc1)C(=O)N1CCC[C@H]1C(=O)NC(CCCNC(=N)N)C(=O)CF. The van der Waals surface area contributed by atoms with Crippen LogP contribution < -0.4 is 21.7 Å². The molecule has 0 bridgehead atoms. The predicted octanol–water partition coefficient (Wildman–Crippen LogP) is 1.12. The number of halogens is 1. The highest BCUT2D eigenvalue weighted by Gasteiger charge is 2.39. The van der Waals surface area contributed by atoms with Gasteiger partial charge in [0.25, 0.3) is 0 Å². The number of hydrogen-bond donors (Lipinski definition) is 5. The first kappa shape index (κ1) is 29.5. The van der Waals surface area contributed by atoms with Crippen LogP contribution in [-0.2, 0) is 19.2 Å². The van der Waals surface area contributed by atoms with Crippen molar-refractivity contribution in [2.45, 2.75) is 57.7 Å². The van der Waals surface area contributed by atoms with Crippen LogP contribution in [0.5, 0.6) is 0 Å². The van der Waals surface area contributed by atoms with Crippen LogP contribution in [0.15, 0.2) is 36.4 Å². The molecule has 2 rings (SSSR count). The maximum atomic E-state index is 13.4. The molecule has 0 spiro atoms. The van der Waals surface area contributed by atoms with Crippen molar-refractivity contribution in [1.82, 2.24) is 20.9 Å². The summed E-state index contributed by atoms with van der Waals surface area (Å²) in [6, 6.07) is 6.56. The van der Waals surface area contributed by atoms with E-state index in [4.69, 9.17) is 11.1 Å². The van der Waals surface area contributed by atoms with Gasteiger partial charge in [-0.05, 0) is 43.2 Å². The molecule has 1 heterocycles. The summed E-state index contributed by atoms with van der Waals surface area (Å²) in [5.74, 6) is -2.56. The van der Waals surface area contributed by atoms with Gasteiger partial charge >= 0.3 is 0 Å². The molecule has 0 saturated carbocycles. The Labute approximate surface area is 216 Å². The Morgan fingerprint density at radius 2 is 1.89 bits per heavy atom. The smallest absolute Gasteiger partial charge is 0.246 e. The molecule has 1 aromatic carbocycles. The van der Waals surface area contributed by atoms with Crippen molar-refractivity contribution in [1.29, 1.82) is 5.41 Å². The number of alkyl halides is 1. The Balaban J connectivity index is 2.04. The van der Waals surface area contributed by atoms with E-state index in [1.54, 1.807) is 19.9 Å². The molecule has 1 aromatic rings. The topological polar surface area (TPSA) is 157 Å². The third-order valence-corrected chi connectivity index (χ3v) is 6.12. The van der Waals surface area contributed by atoms with Crippen LogP contribution in [0.1, 0.15) is 45.1 Å². The minimum Gasteiger partial charge on any atom is -0.370 e. The molecule has 1 saturated heterocycles. The molecule has 3 atom stereocenters. The summed E-state index contributed by atoms with van der Waals surface area (Å²) >= 11 is 0. The lowest BCUT2D eigenvalue weighted by molar-refractivity contribution is -0.142. The van der Waals surface area contributed by atoms with Crippen LogP contribution in [0.25, 0.3) is 6.08 Å². The van der Waals surface area contributed by atoms with Crippen LogP contribution in [0.3, 0.4) is 0 Å². The number of benzene rings is 1. The first-order chi connectivity index (χ1) is 17.6. The average Bonchev–Trinajstić information content (AvgIpc) is 3.37. The molecule has 202 valence electrons. The van der Waals surface area contributed by atoms with E-state index in [0.717, 1.165) is 5.56 Å². The van der Waals surface area contributed by atoms with E-state index < -0.39 is 42.4 Å². The zero-order valence-electron chi connectivity index (χ0n) is 21.3. The monoisotopic (exact) mass is 516 g/mol. The summed E-state index contributed by atoms with van der Waals surface area (Å²) in [6.07, 6.45) is 4.53. The highest BCUT2D eigenvalue weighted by molar-refractivity contribution is 5.98. The fraction of sp³-hybridized carbons (Fsp3) is 0.500. The lowest BCUT2D eigenvalue weighted by atomic mass is 10.0. The van der Waals surface area contributed by atoms with Crippen LogP contribution >= 0.6 is 0 Å². The first-order valence-electron chi connectivity index (χ1n) is 12.4. The minimum atomic E-state index is -1.23. The van der Waals surface area contributed by atoms with Crippen molar-refractivity contribution in [2.24, 2.45) is 11.7 Å². The standard InChI is InChI=1S/C26H37FN6O4/c1-17(2)23(32-22(35)13-12-18-8-4-3-5-9-18)25(37)33-15-7-11-20(33)24(36)31-19(21(34)16-27)10-6-14-30-26(28)29/h3-5,8-9,12-13,17,19-20,23H,6-7,10-11,14-16H2,1-2H3,(H,31,36)(H,32,35)(H4,28,29,30)/t19?,20-,23?/m0/s1. The summed E-state index contributed by atoms with van der Waals surface area (Å²) in [5, 5.41) is 15.1. The molecule has 1 aliphatic rings. The highest BCUT2D eigenvalue weighted by atomic mass is 19.1. The van der Waals surface area contributed by atoms with Crippen molar-refractivity contribution in [2.75, 3.05) is 19.8 Å². The van der Waals surface area contributed by atoms with E-state index in [2.05, 4.69) is 16.0 Å². The molecule has 10 nitrogen and oxygen atoms in total. The van der Waals surface area contributed by atoms with Gasteiger partial charge in [0.1, 0.15) is 18.8 Å². The molecule has 1 fully saturated rings. The third-order valence-electron chi connectivity index (χ3n) is 6.12. The number of nitrogens with two attached hydrogens (primary N) is 1. The van der Waals surface area contributed by atoms with Crippen molar-refractivity contribution in [3.8, 4) is 0 Å². The zero-order chi connectivity index (χ0) is 27.4. The molecule has 3 amide bonds. The molecule has 11 heteroatoms. The van der Waals surface area contributed by atoms with Gasteiger partial charge < -0.3 is 26.6 Å². The van der Waals surface area contributed by atoms with E-state index in [1.165, 1.54) is 11.0 Å². The van der Waals surface area contributed by atoms with Crippen LogP contribution in [0.4, 0.5) is 4.39 Å². The van der Waals surface area contributed by atoms with Gasteiger partial charge in [0.15, 0.2) is 11.7 Å². The van der Waals surface area contributed by atoms with Gasteiger partial charge in [-0.25, -0.2) is 4.39 Å². The molecule has 6 N–H and O–H groups in total. The summed E-state index contributed by atoms with van der Waals surface area (Å²) in [6.45, 7) is 3.01. The second kappa shape index (κ2) is 14.7. The van der Waals surface area contributed by atoms with Crippen molar-refractivity contribution in [3.05, 3.63) is 42.0 Å². The number of nitrogens with zero attached hydrogens (tertiary/aromatic N) is 1. The number of Topliss-reactive ketones (excluding diaryl/α,β-unsaturated/α-hetero) is 1. The fourth-order valence-corrected chi connectivity index (χ4v) is 4.14. The Morgan fingerprint density at radius 3 is 2.51 bits per heavy atom. The van der Waals surface area contributed by atoms with Gasteiger partial charge in [0, 0.05) is 19.2 Å². The Hall–Kier alpha value is -3.76. The number of rotatable bonds is 13. The molecule has 37 heavy (non-hydrogen) atoms. The second-order valence-electron chi connectivity index (χ2n) is 9.31. The number of likely N-dealkylation sites (tertiary alicyclic amines) is 1. The van der Waals surface area contributed by atoms with E-state index in [0.29, 0.717) is 32.4 Å². The molecule has 0 aromatic heterocycles. The molecule has 0 radical (unpaired) electrons. The number of carbonyl (C=O) groups is 4. The molecule has 2 unspecified atom stereocenters. The van der Waals surface area contributed by atoms with E-state index in [1.807, 2.05) is 30.3 Å². The van der Waals surface area contributed by atoms with Gasteiger partial charge in [-0.2, -0.15) is 0 Å². The average molecular weight is 517 g/mol. The van der Waals surface area contributed by atoms with Gasteiger partial charge in [-0.1, -0.05) is 44.2 Å². The Bertz CT molecular complexity index is 985.